The molecule has 19 heavy (non-hydrogen) atoms. The second-order valence-electron chi connectivity index (χ2n) is 3.76. The highest BCUT2D eigenvalue weighted by Crippen LogP contribution is 1.96. The van der Waals surface area contributed by atoms with Crippen molar-refractivity contribution in [3.8, 4) is 0 Å². The van der Waals surface area contributed by atoms with Gasteiger partial charge >= 0.3 is 11.8 Å². The van der Waals surface area contributed by atoms with Gasteiger partial charge in [-0.05, 0) is 5.56 Å². The van der Waals surface area contributed by atoms with Gasteiger partial charge in [-0.15, -0.1) is 0 Å². The highest BCUT2D eigenvalue weighted by molar-refractivity contribution is 6.35. The standard InChI is InChI=1S/C13H18N2O4/c16-7-9-19-8-6-14-12(17)13(18)15-10-11-4-2-1-3-5-11/h1-5,16H,6-10H2,(H,14,17)(H,15,18). The second-order valence-corrected chi connectivity index (χ2v) is 3.76. The SMILES string of the molecule is O=C(NCCOCCO)C(=O)NCc1ccccc1. The van der Waals surface area contributed by atoms with Crippen LogP contribution >= 0.6 is 0 Å². The van der Waals surface area contributed by atoms with Crippen molar-refractivity contribution in [1.29, 1.82) is 0 Å². The molecule has 1 aromatic rings. The van der Waals surface area contributed by atoms with Gasteiger partial charge in [0, 0.05) is 13.1 Å². The summed E-state index contributed by atoms with van der Waals surface area (Å²) in [4.78, 5) is 22.8. The van der Waals surface area contributed by atoms with Gasteiger partial charge in [0.05, 0.1) is 19.8 Å². The van der Waals surface area contributed by atoms with Gasteiger partial charge in [0.15, 0.2) is 0 Å². The maximum atomic E-state index is 11.4. The van der Waals surface area contributed by atoms with Gasteiger partial charge in [-0.1, -0.05) is 30.3 Å². The molecular weight excluding hydrogens is 248 g/mol. The molecule has 0 radical (unpaired) electrons. The number of carbonyl (C=O) groups excluding carboxylic acids is 2. The van der Waals surface area contributed by atoms with Crippen LogP contribution in [0.15, 0.2) is 30.3 Å². The number of aliphatic hydroxyl groups excluding tert-OH is 1. The van der Waals surface area contributed by atoms with E-state index in [1.54, 1.807) is 0 Å². The molecule has 0 fully saturated rings. The molecule has 1 rings (SSSR count). The fourth-order valence-corrected chi connectivity index (χ4v) is 1.34. The molecular formula is C13H18N2O4. The molecule has 0 saturated carbocycles. The van der Waals surface area contributed by atoms with E-state index >= 15 is 0 Å². The van der Waals surface area contributed by atoms with Crippen LogP contribution < -0.4 is 10.6 Å². The lowest BCUT2D eigenvalue weighted by atomic mass is 10.2. The normalized spacial score (nSPS) is 9.95. The Labute approximate surface area is 111 Å². The maximum absolute atomic E-state index is 11.4. The molecule has 0 aliphatic carbocycles. The van der Waals surface area contributed by atoms with E-state index in [4.69, 9.17) is 9.84 Å². The minimum absolute atomic E-state index is 0.0640. The van der Waals surface area contributed by atoms with Gasteiger partial charge in [0.25, 0.3) is 0 Å². The largest absolute Gasteiger partial charge is 0.394 e. The molecule has 0 aliphatic rings. The van der Waals surface area contributed by atoms with Crippen LogP contribution in [0.5, 0.6) is 0 Å². The van der Waals surface area contributed by atoms with Crippen molar-refractivity contribution in [3.05, 3.63) is 35.9 Å². The Bertz CT molecular complexity index is 395. The summed E-state index contributed by atoms with van der Waals surface area (Å²) in [6.45, 7) is 0.964. The van der Waals surface area contributed by atoms with E-state index in [2.05, 4.69) is 10.6 Å². The van der Waals surface area contributed by atoms with Gasteiger partial charge in [0.1, 0.15) is 0 Å². The summed E-state index contributed by atoms with van der Waals surface area (Å²) in [5.41, 5.74) is 0.926. The third-order valence-corrected chi connectivity index (χ3v) is 2.27. The zero-order chi connectivity index (χ0) is 13.9. The number of rotatable bonds is 7. The van der Waals surface area contributed by atoms with Crippen LogP contribution in [0.3, 0.4) is 0 Å². The van der Waals surface area contributed by atoms with E-state index in [1.807, 2.05) is 30.3 Å². The van der Waals surface area contributed by atoms with Crippen molar-refractivity contribution >= 4 is 11.8 Å². The fourth-order valence-electron chi connectivity index (χ4n) is 1.34. The van der Waals surface area contributed by atoms with Crippen LogP contribution in [0.4, 0.5) is 0 Å². The van der Waals surface area contributed by atoms with Gasteiger partial charge in [-0.2, -0.15) is 0 Å². The first-order valence-electron chi connectivity index (χ1n) is 6.02. The van der Waals surface area contributed by atoms with Crippen molar-refractivity contribution in [1.82, 2.24) is 10.6 Å². The van der Waals surface area contributed by atoms with Crippen molar-refractivity contribution in [2.75, 3.05) is 26.4 Å². The summed E-state index contributed by atoms with van der Waals surface area (Å²) >= 11 is 0. The molecule has 3 N–H and O–H groups in total. The number of aliphatic hydroxyl groups is 1. The molecule has 0 saturated heterocycles. The summed E-state index contributed by atoms with van der Waals surface area (Å²) in [7, 11) is 0. The average Bonchev–Trinajstić information content (AvgIpc) is 2.45. The minimum atomic E-state index is -0.691. The first kappa shape index (κ1) is 15.1. The number of benzene rings is 1. The molecule has 0 spiro atoms. The predicted octanol–water partition coefficient (Wildman–Crippen LogP) is -0.572. The highest BCUT2D eigenvalue weighted by Gasteiger charge is 2.11. The molecule has 104 valence electrons. The summed E-state index contributed by atoms with van der Waals surface area (Å²) in [5.74, 6) is -1.37. The summed E-state index contributed by atoms with van der Waals surface area (Å²) in [6.07, 6.45) is 0. The quantitative estimate of drug-likeness (QED) is 0.455. The van der Waals surface area contributed by atoms with Crippen LogP contribution in [0.2, 0.25) is 0 Å². The molecule has 1 aromatic carbocycles. The smallest absolute Gasteiger partial charge is 0.309 e. The van der Waals surface area contributed by atoms with E-state index in [9.17, 15) is 9.59 Å². The Balaban J connectivity index is 2.16. The number of amides is 2. The van der Waals surface area contributed by atoms with Crippen LogP contribution in [-0.2, 0) is 20.9 Å². The molecule has 2 amide bonds. The van der Waals surface area contributed by atoms with Crippen LogP contribution in [0, 0.1) is 0 Å². The molecule has 6 heteroatoms. The van der Waals surface area contributed by atoms with Gasteiger partial charge in [-0.25, -0.2) is 0 Å². The number of hydrogen-bond donors (Lipinski definition) is 3. The molecule has 0 aliphatic heterocycles. The molecule has 0 aromatic heterocycles. The lowest BCUT2D eigenvalue weighted by Crippen LogP contribution is -2.40. The third-order valence-electron chi connectivity index (χ3n) is 2.27. The Hall–Kier alpha value is -1.92. The second kappa shape index (κ2) is 9.07. The van der Waals surface area contributed by atoms with Crippen LogP contribution in [0.25, 0.3) is 0 Å². The van der Waals surface area contributed by atoms with Crippen LogP contribution in [0.1, 0.15) is 5.56 Å². The Morgan fingerprint density at radius 2 is 1.74 bits per heavy atom. The summed E-state index contributed by atoms with van der Waals surface area (Å²) in [6, 6.07) is 9.33. The topological polar surface area (TPSA) is 87.7 Å². The molecule has 0 unspecified atom stereocenters. The predicted molar refractivity (Wildman–Crippen MR) is 69.2 cm³/mol. The lowest BCUT2D eigenvalue weighted by Gasteiger charge is -2.06. The zero-order valence-electron chi connectivity index (χ0n) is 10.6. The summed E-state index contributed by atoms with van der Waals surface area (Å²) < 4.78 is 4.95. The molecule has 0 heterocycles. The first-order valence-corrected chi connectivity index (χ1v) is 6.02. The fraction of sp³-hybridized carbons (Fsp3) is 0.385. The number of ether oxygens (including phenoxy) is 1. The molecule has 0 bridgehead atoms. The van der Waals surface area contributed by atoms with Gasteiger partial charge < -0.3 is 20.5 Å². The van der Waals surface area contributed by atoms with Crippen molar-refractivity contribution in [2.45, 2.75) is 6.54 Å². The van der Waals surface area contributed by atoms with E-state index in [-0.39, 0.29) is 26.4 Å². The lowest BCUT2D eigenvalue weighted by molar-refractivity contribution is -0.139. The van der Waals surface area contributed by atoms with E-state index < -0.39 is 11.8 Å². The van der Waals surface area contributed by atoms with E-state index in [1.165, 1.54) is 0 Å². The third kappa shape index (κ3) is 6.54. The van der Waals surface area contributed by atoms with Crippen molar-refractivity contribution in [3.63, 3.8) is 0 Å². The number of hydrogen-bond acceptors (Lipinski definition) is 4. The van der Waals surface area contributed by atoms with E-state index in [0.717, 1.165) is 5.56 Å². The van der Waals surface area contributed by atoms with Gasteiger partial charge in [0.2, 0.25) is 0 Å². The first-order chi connectivity index (χ1) is 9.24. The minimum Gasteiger partial charge on any atom is -0.394 e. The number of nitrogens with one attached hydrogen (secondary N) is 2. The summed E-state index contributed by atoms with van der Waals surface area (Å²) in [5, 5.41) is 13.4. The van der Waals surface area contributed by atoms with Crippen LogP contribution in [-0.4, -0.2) is 43.3 Å². The average molecular weight is 266 g/mol. The molecule has 6 nitrogen and oxygen atoms in total. The molecule has 0 atom stereocenters. The Kier molecular flexibility index (Phi) is 7.23. The van der Waals surface area contributed by atoms with Crippen molar-refractivity contribution in [2.24, 2.45) is 0 Å². The maximum Gasteiger partial charge on any atom is 0.309 e. The Morgan fingerprint density at radius 3 is 2.42 bits per heavy atom. The number of carbonyl (C=O) groups is 2. The van der Waals surface area contributed by atoms with Crippen molar-refractivity contribution < 1.29 is 19.4 Å². The zero-order valence-corrected chi connectivity index (χ0v) is 10.6. The Morgan fingerprint density at radius 1 is 1.05 bits per heavy atom. The van der Waals surface area contributed by atoms with Gasteiger partial charge in [-0.3, -0.25) is 9.59 Å². The monoisotopic (exact) mass is 266 g/mol. The highest BCUT2D eigenvalue weighted by atomic mass is 16.5. The van der Waals surface area contributed by atoms with E-state index in [0.29, 0.717) is 6.54 Å².